The molecule has 0 fully saturated rings. The Kier molecular flexibility index (Phi) is 5.12. The van der Waals surface area contributed by atoms with Gasteiger partial charge in [-0.05, 0) is 67.2 Å². The Morgan fingerprint density at radius 2 is 1.94 bits per heavy atom. The van der Waals surface area contributed by atoms with Crippen LogP contribution in [0.1, 0.15) is 18.1 Å². The SMILES string of the molecule is C=N/C=C1\C=C(/C)c2ccc3[nH]nc(c3c2)-c2nc3c(nccc3[nH]2)-c2cccc(c2)CN(C)C1. The number of aromatic amines is 2. The van der Waals surface area contributed by atoms with Crippen LogP contribution in [0.15, 0.2) is 77.6 Å². The number of rotatable bonds is 1. The van der Waals surface area contributed by atoms with Gasteiger partial charge in [-0.2, -0.15) is 5.10 Å². The summed E-state index contributed by atoms with van der Waals surface area (Å²) < 4.78 is 0. The minimum Gasteiger partial charge on any atom is -0.336 e. The van der Waals surface area contributed by atoms with E-state index < -0.39 is 0 Å². The summed E-state index contributed by atoms with van der Waals surface area (Å²) in [6.45, 7) is 7.34. The molecule has 35 heavy (non-hydrogen) atoms. The van der Waals surface area contributed by atoms with Crippen LogP contribution in [0.5, 0.6) is 0 Å². The van der Waals surface area contributed by atoms with Gasteiger partial charge in [-0.3, -0.25) is 20.0 Å². The molecule has 172 valence electrons. The summed E-state index contributed by atoms with van der Waals surface area (Å²) in [4.78, 5) is 19.5. The highest BCUT2D eigenvalue weighted by Gasteiger charge is 2.17. The van der Waals surface area contributed by atoms with Gasteiger partial charge in [0, 0.05) is 36.4 Å². The molecule has 0 saturated carbocycles. The van der Waals surface area contributed by atoms with E-state index in [1.165, 1.54) is 5.56 Å². The zero-order chi connectivity index (χ0) is 23.9. The highest BCUT2D eigenvalue weighted by Crippen LogP contribution is 2.32. The fourth-order valence-corrected chi connectivity index (χ4v) is 4.80. The van der Waals surface area contributed by atoms with Crippen molar-refractivity contribution in [2.45, 2.75) is 13.5 Å². The molecular formula is C28H25N7. The molecule has 3 aromatic heterocycles. The second kappa shape index (κ2) is 8.45. The maximum atomic E-state index is 4.96. The van der Waals surface area contributed by atoms with Crippen molar-refractivity contribution in [3.8, 4) is 22.8 Å². The standard InChI is InChI=1S/C28H25N7/c1-17-11-19(14-29-2)16-35(3)15-18-5-4-6-21(12-18)25-27-24(9-10-30-25)31-28(32-27)26-22-13-20(17)7-8-23(22)33-34-26/h4-14H,2,15-16H2,1,3H3,(H,31,32)(H,33,34)/b17-11+,19-14+. The van der Waals surface area contributed by atoms with E-state index in [0.29, 0.717) is 0 Å². The van der Waals surface area contributed by atoms with E-state index in [-0.39, 0.29) is 0 Å². The average Bonchev–Trinajstić information content (AvgIpc) is 3.47. The van der Waals surface area contributed by atoms with Crippen LogP contribution in [0.4, 0.5) is 0 Å². The summed E-state index contributed by atoms with van der Waals surface area (Å²) in [5.74, 6) is 0.718. The Hall–Kier alpha value is -4.36. The monoisotopic (exact) mass is 459 g/mol. The van der Waals surface area contributed by atoms with Crippen molar-refractivity contribution >= 4 is 34.2 Å². The van der Waals surface area contributed by atoms with Crippen molar-refractivity contribution in [3.05, 3.63) is 83.7 Å². The molecule has 6 bridgehead atoms. The number of aromatic nitrogens is 5. The fourth-order valence-electron chi connectivity index (χ4n) is 4.80. The van der Waals surface area contributed by atoms with Crippen molar-refractivity contribution in [2.24, 2.45) is 4.99 Å². The Morgan fingerprint density at radius 1 is 1.03 bits per heavy atom. The minimum absolute atomic E-state index is 0.718. The first-order valence-corrected chi connectivity index (χ1v) is 11.5. The first-order chi connectivity index (χ1) is 17.1. The molecule has 1 aliphatic rings. The summed E-state index contributed by atoms with van der Waals surface area (Å²) in [5.41, 5.74) is 9.97. The third-order valence-electron chi connectivity index (χ3n) is 6.41. The van der Waals surface area contributed by atoms with Crippen LogP contribution in [0.25, 0.3) is 50.3 Å². The first-order valence-electron chi connectivity index (χ1n) is 11.5. The fraction of sp³-hybridized carbons (Fsp3) is 0.143. The zero-order valence-electron chi connectivity index (χ0n) is 19.7. The number of nitrogens with one attached hydrogen (secondary N) is 2. The number of imidazole rings is 1. The molecule has 1 aliphatic heterocycles. The van der Waals surface area contributed by atoms with Gasteiger partial charge in [0.05, 0.1) is 16.7 Å². The molecular weight excluding hydrogens is 434 g/mol. The summed E-state index contributed by atoms with van der Waals surface area (Å²) in [6.07, 6.45) is 5.84. The van der Waals surface area contributed by atoms with Crippen LogP contribution in [0.3, 0.4) is 0 Å². The van der Waals surface area contributed by atoms with Gasteiger partial charge in [0.2, 0.25) is 0 Å². The average molecular weight is 460 g/mol. The van der Waals surface area contributed by atoms with E-state index in [2.05, 4.69) is 94.3 Å². The molecule has 5 aromatic rings. The number of H-pyrrole nitrogens is 2. The predicted molar refractivity (Wildman–Crippen MR) is 142 cm³/mol. The summed E-state index contributed by atoms with van der Waals surface area (Å²) in [5, 5.41) is 8.77. The summed E-state index contributed by atoms with van der Waals surface area (Å²) in [6, 6.07) is 16.8. The smallest absolute Gasteiger partial charge is 0.159 e. The van der Waals surface area contributed by atoms with Crippen LogP contribution in [-0.2, 0) is 6.54 Å². The molecule has 0 unspecified atom stereocenters. The number of hydrogen-bond acceptors (Lipinski definition) is 5. The van der Waals surface area contributed by atoms with E-state index >= 15 is 0 Å². The first kappa shape index (κ1) is 21.2. The molecule has 6 rings (SSSR count). The van der Waals surface area contributed by atoms with E-state index in [9.17, 15) is 0 Å². The number of hydrogen-bond donors (Lipinski definition) is 2. The molecule has 0 atom stereocenters. The van der Waals surface area contributed by atoms with Gasteiger partial charge >= 0.3 is 0 Å². The van der Waals surface area contributed by atoms with Crippen LogP contribution < -0.4 is 0 Å². The maximum absolute atomic E-state index is 4.96. The van der Waals surface area contributed by atoms with Crippen LogP contribution in [0, 0.1) is 0 Å². The Labute approximate surface area is 203 Å². The number of allylic oxidation sites excluding steroid dienone is 1. The number of benzene rings is 2. The number of pyridine rings is 1. The van der Waals surface area contributed by atoms with Gasteiger partial charge in [-0.25, -0.2) is 4.98 Å². The van der Waals surface area contributed by atoms with Gasteiger partial charge in [0.1, 0.15) is 11.2 Å². The molecule has 2 aromatic carbocycles. The van der Waals surface area contributed by atoms with Crippen molar-refractivity contribution in [2.75, 3.05) is 13.6 Å². The van der Waals surface area contributed by atoms with Crippen molar-refractivity contribution < 1.29 is 0 Å². The molecule has 0 spiro atoms. The Morgan fingerprint density at radius 3 is 2.83 bits per heavy atom. The van der Waals surface area contributed by atoms with Crippen LogP contribution >= 0.6 is 0 Å². The van der Waals surface area contributed by atoms with Gasteiger partial charge in [-0.15, -0.1) is 0 Å². The third kappa shape index (κ3) is 3.86. The van der Waals surface area contributed by atoms with Gasteiger partial charge in [0.15, 0.2) is 5.82 Å². The van der Waals surface area contributed by atoms with Crippen molar-refractivity contribution in [1.29, 1.82) is 0 Å². The second-order valence-corrected chi connectivity index (χ2v) is 9.06. The number of aliphatic imine (C=N–C) groups is 1. The van der Waals surface area contributed by atoms with Crippen LogP contribution in [-0.4, -0.2) is 50.4 Å². The number of likely N-dealkylation sites (N-methyl/N-ethyl adjacent to an activating group) is 1. The van der Waals surface area contributed by atoms with E-state index in [1.54, 1.807) is 0 Å². The quantitative estimate of drug-likeness (QED) is 0.320. The largest absolute Gasteiger partial charge is 0.336 e. The normalized spacial score (nSPS) is 17.2. The lowest BCUT2D eigenvalue weighted by Gasteiger charge is -2.18. The number of fused-ring (bicyclic) bond motifs is 6. The Balaban J connectivity index is 1.61. The molecule has 0 radical (unpaired) electrons. The molecule has 0 saturated heterocycles. The van der Waals surface area contributed by atoms with Crippen molar-refractivity contribution in [1.82, 2.24) is 30.0 Å². The summed E-state index contributed by atoms with van der Waals surface area (Å²) >= 11 is 0. The highest BCUT2D eigenvalue weighted by atomic mass is 15.1. The third-order valence-corrected chi connectivity index (χ3v) is 6.41. The molecule has 7 heteroatoms. The molecule has 2 N–H and O–H groups in total. The van der Waals surface area contributed by atoms with E-state index in [4.69, 9.17) is 9.97 Å². The lowest BCUT2D eigenvalue weighted by molar-refractivity contribution is 0.357. The Bertz CT molecular complexity index is 1650. The van der Waals surface area contributed by atoms with Gasteiger partial charge < -0.3 is 4.98 Å². The lowest BCUT2D eigenvalue weighted by atomic mass is 10.0. The topological polar surface area (TPSA) is 85.8 Å². The highest BCUT2D eigenvalue weighted by molar-refractivity contribution is 5.97. The van der Waals surface area contributed by atoms with Crippen LogP contribution in [0.2, 0.25) is 0 Å². The predicted octanol–water partition coefficient (Wildman–Crippen LogP) is 5.60. The van der Waals surface area contributed by atoms with Crippen molar-refractivity contribution in [3.63, 3.8) is 0 Å². The molecule has 7 nitrogen and oxygen atoms in total. The minimum atomic E-state index is 0.718. The van der Waals surface area contributed by atoms with E-state index in [1.807, 2.05) is 18.5 Å². The van der Waals surface area contributed by atoms with Gasteiger partial charge in [0.25, 0.3) is 0 Å². The molecule has 4 heterocycles. The molecule has 0 aliphatic carbocycles. The maximum Gasteiger partial charge on any atom is 0.159 e. The van der Waals surface area contributed by atoms with Gasteiger partial charge in [-0.1, -0.05) is 30.3 Å². The van der Waals surface area contributed by atoms with E-state index in [0.717, 1.165) is 74.5 Å². The lowest BCUT2D eigenvalue weighted by Crippen LogP contribution is -2.20. The second-order valence-electron chi connectivity index (χ2n) is 9.06. The summed E-state index contributed by atoms with van der Waals surface area (Å²) in [7, 11) is 2.11. The molecule has 0 amide bonds. The zero-order valence-corrected chi connectivity index (χ0v) is 19.7. The number of nitrogens with zero attached hydrogens (tertiary/aromatic N) is 5.